The minimum atomic E-state index is -0.389. The van der Waals surface area contributed by atoms with Crippen LogP contribution < -0.4 is 4.57 Å². The molecule has 0 spiro atoms. The molecular formula is C37H56NO3+. The maximum absolute atomic E-state index is 14.2. The second-order valence-electron chi connectivity index (χ2n) is 16.4. The molecule has 0 saturated heterocycles. The van der Waals surface area contributed by atoms with Gasteiger partial charge in [0.1, 0.15) is 0 Å². The highest BCUT2D eigenvalue weighted by Gasteiger charge is 2.69. The molecule has 0 bridgehead atoms. The Kier molecular flexibility index (Phi) is 7.12. The van der Waals surface area contributed by atoms with Crippen molar-refractivity contribution in [3.63, 3.8) is 0 Å². The van der Waals surface area contributed by atoms with Crippen molar-refractivity contribution < 1.29 is 19.2 Å². The third-order valence-electron chi connectivity index (χ3n) is 14.7. The number of aromatic nitrogens is 1. The number of allylic oxidation sites excluding steroid dienone is 2. The molecule has 10 atom stereocenters. The topological polar surface area (TPSA) is 50.4 Å². The third kappa shape index (κ3) is 4.08. The number of aliphatic hydroxyl groups is 1. The molecule has 5 aliphatic rings. The standard InChI is InChI=1S/C37H56NO3/c1-25-13-18-37(32(40)41-24-23-38-21-9-8-10-22-38)20-19-35(6)27(31(37)26(25)2)11-12-29-34(5)16-15-30(39)33(3,4)28(34)14-17-36(29,35)7/h8-11,21-22,25-26,28-31,39H,12-20,23-24H2,1-7H3/q+1/t25-,26+,28+,29-,30+,31+,34+,35-,36-,37+/m1/s1. The fourth-order valence-electron chi connectivity index (χ4n) is 11.8. The van der Waals surface area contributed by atoms with Gasteiger partial charge in [0.25, 0.3) is 0 Å². The first-order valence-electron chi connectivity index (χ1n) is 16.8. The van der Waals surface area contributed by atoms with Gasteiger partial charge in [-0.3, -0.25) is 4.79 Å². The van der Waals surface area contributed by atoms with Crippen LogP contribution in [0.5, 0.6) is 0 Å². The van der Waals surface area contributed by atoms with Gasteiger partial charge >= 0.3 is 5.97 Å². The maximum Gasteiger partial charge on any atom is 0.312 e. The molecule has 5 aliphatic carbocycles. The lowest BCUT2D eigenvalue weighted by atomic mass is 9.33. The summed E-state index contributed by atoms with van der Waals surface area (Å²) < 4.78 is 8.28. The van der Waals surface area contributed by atoms with E-state index in [1.165, 1.54) is 12.8 Å². The lowest BCUT2D eigenvalue weighted by molar-refractivity contribution is -0.698. The van der Waals surface area contributed by atoms with E-state index in [2.05, 4.69) is 59.1 Å². The Morgan fingerprint density at radius 3 is 2.39 bits per heavy atom. The van der Waals surface area contributed by atoms with Crippen LogP contribution in [-0.2, 0) is 16.1 Å². The molecule has 1 heterocycles. The fourth-order valence-corrected chi connectivity index (χ4v) is 11.8. The monoisotopic (exact) mass is 562 g/mol. The molecule has 0 unspecified atom stereocenters. The minimum Gasteiger partial charge on any atom is -0.458 e. The zero-order valence-corrected chi connectivity index (χ0v) is 26.9. The summed E-state index contributed by atoms with van der Waals surface area (Å²) in [6.07, 6.45) is 16.3. The fraction of sp³-hybridized carbons (Fsp3) is 0.784. The molecule has 1 N–H and O–H groups in total. The van der Waals surface area contributed by atoms with Gasteiger partial charge in [0.05, 0.1) is 11.5 Å². The largest absolute Gasteiger partial charge is 0.458 e. The molecule has 0 radical (unpaired) electrons. The molecule has 0 aromatic carbocycles. The van der Waals surface area contributed by atoms with Crippen molar-refractivity contribution in [2.45, 2.75) is 119 Å². The molecule has 0 amide bonds. The molecule has 226 valence electrons. The Balaban J connectivity index is 1.33. The summed E-state index contributed by atoms with van der Waals surface area (Å²) in [5.41, 5.74) is 1.74. The average Bonchev–Trinajstić information content (AvgIpc) is 2.94. The molecule has 4 fully saturated rings. The number of ether oxygens (including phenoxy) is 1. The van der Waals surface area contributed by atoms with E-state index in [4.69, 9.17) is 4.74 Å². The van der Waals surface area contributed by atoms with Crippen molar-refractivity contribution in [2.24, 2.45) is 56.7 Å². The summed E-state index contributed by atoms with van der Waals surface area (Å²) in [6.45, 7) is 18.4. The van der Waals surface area contributed by atoms with Gasteiger partial charge in [0.2, 0.25) is 0 Å². The Bertz CT molecular complexity index is 1190. The lowest BCUT2D eigenvalue weighted by Gasteiger charge is -2.71. The average molecular weight is 563 g/mol. The summed E-state index contributed by atoms with van der Waals surface area (Å²) in [4.78, 5) is 14.2. The van der Waals surface area contributed by atoms with Crippen LogP contribution in [0.4, 0.5) is 0 Å². The van der Waals surface area contributed by atoms with Gasteiger partial charge in [-0.25, -0.2) is 4.57 Å². The molecule has 41 heavy (non-hydrogen) atoms. The van der Waals surface area contributed by atoms with Crippen molar-refractivity contribution in [2.75, 3.05) is 6.61 Å². The molecule has 6 rings (SSSR count). The number of fused-ring (bicyclic) bond motifs is 7. The highest BCUT2D eigenvalue weighted by Crippen LogP contribution is 2.75. The zero-order chi connectivity index (χ0) is 29.4. The SMILES string of the molecule is C[C@H]1[C@H](C)CC[C@]2(C(=O)OCC[n+]3ccccc3)CC[C@]3(C)C(=CC[C@@H]4[C@@]5(C)CC[C@H](O)C(C)(C)[C@@H]5CC[C@]43C)[C@H]12. The molecule has 1 aromatic rings. The summed E-state index contributed by atoms with van der Waals surface area (Å²) in [5.74, 6) is 2.60. The third-order valence-corrected chi connectivity index (χ3v) is 14.7. The van der Waals surface area contributed by atoms with E-state index in [1.54, 1.807) is 5.57 Å². The highest BCUT2D eigenvalue weighted by atomic mass is 16.5. The van der Waals surface area contributed by atoms with E-state index in [0.29, 0.717) is 36.8 Å². The van der Waals surface area contributed by atoms with Gasteiger partial charge in [-0.15, -0.1) is 0 Å². The Labute approximate surface area is 249 Å². The number of pyridine rings is 1. The van der Waals surface area contributed by atoms with Crippen molar-refractivity contribution in [1.29, 1.82) is 0 Å². The van der Waals surface area contributed by atoms with E-state index in [1.807, 2.05) is 30.6 Å². The van der Waals surface area contributed by atoms with Gasteiger partial charge in [-0.1, -0.05) is 66.2 Å². The molecule has 0 aliphatic heterocycles. The van der Waals surface area contributed by atoms with Gasteiger partial charge in [-0.2, -0.15) is 0 Å². The number of hydrogen-bond donors (Lipinski definition) is 1. The Morgan fingerprint density at radius 2 is 1.66 bits per heavy atom. The molecule has 4 saturated carbocycles. The van der Waals surface area contributed by atoms with Crippen LogP contribution in [0.25, 0.3) is 0 Å². The van der Waals surface area contributed by atoms with Gasteiger partial charge in [0.15, 0.2) is 25.5 Å². The summed E-state index contributed by atoms with van der Waals surface area (Å²) in [6, 6.07) is 6.07. The quantitative estimate of drug-likeness (QED) is 0.234. The van der Waals surface area contributed by atoms with Gasteiger partial charge < -0.3 is 9.84 Å². The van der Waals surface area contributed by atoms with Crippen LogP contribution in [0.15, 0.2) is 42.2 Å². The van der Waals surface area contributed by atoms with Crippen molar-refractivity contribution in [1.82, 2.24) is 0 Å². The summed E-state index contributed by atoms with van der Waals surface area (Å²) in [7, 11) is 0. The van der Waals surface area contributed by atoms with Crippen molar-refractivity contribution in [3.8, 4) is 0 Å². The normalized spacial score (nSPS) is 46.7. The summed E-state index contributed by atoms with van der Waals surface area (Å²) >= 11 is 0. The number of nitrogens with zero attached hydrogens (tertiary/aromatic N) is 1. The van der Waals surface area contributed by atoms with E-state index in [9.17, 15) is 9.90 Å². The van der Waals surface area contributed by atoms with Crippen LogP contribution >= 0.6 is 0 Å². The van der Waals surface area contributed by atoms with Crippen molar-refractivity contribution >= 4 is 5.97 Å². The van der Waals surface area contributed by atoms with E-state index in [0.717, 1.165) is 44.9 Å². The number of hydrogen-bond acceptors (Lipinski definition) is 3. The first kappa shape index (κ1) is 29.4. The van der Waals surface area contributed by atoms with Crippen LogP contribution in [0.2, 0.25) is 0 Å². The number of esters is 1. The van der Waals surface area contributed by atoms with Gasteiger partial charge in [0, 0.05) is 12.1 Å². The van der Waals surface area contributed by atoms with Crippen LogP contribution in [0.1, 0.15) is 106 Å². The van der Waals surface area contributed by atoms with Crippen LogP contribution in [-0.4, -0.2) is 23.8 Å². The van der Waals surface area contributed by atoms with Crippen LogP contribution in [0.3, 0.4) is 0 Å². The first-order valence-corrected chi connectivity index (χ1v) is 16.8. The second-order valence-corrected chi connectivity index (χ2v) is 16.4. The number of carbonyl (C=O) groups is 1. The Morgan fingerprint density at radius 1 is 0.927 bits per heavy atom. The second kappa shape index (κ2) is 9.93. The smallest absolute Gasteiger partial charge is 0.312 e. The molecule has 4 heteroatoms. The molecule has 4 nitrogen and oxygen atoms in total. The molecular weight excluding hydrogens is 506 g/mol. The number of aliphatic hydroxyl groups excluding tert-OH is 1. The maximum atomic E-state index is 14.2. The van der Waals surface area contributed by atoms with Crippen molar-refractivity contribution in [3.05, 3.63) is 42.2 Å². The van der Waals surface area contributed by atoms with E-state index < -0.39 is 0 Å². The highest BCUT2D eigenvalue weighted by molar-refractivity contribution is 5.79. The Hall–Kier alpha value is -1.68. The number of carbonyl (C=O) groups excluding carboxylic acids is 1. The summed E-state index contributed by atoms with van der Waals surface area (Å²) in [5, 5.41) is 11.0. The van der Waals surface area contributed by atoms with E-state index in [-0.39, 0.29) is 45.1 Å². The lowest BCUT2D eigenvalue weighted by Crippen LogP contribution is -2.65. The van der Waals surface area contributed by atoms with E-state index >= 15 is 0 Å². The first-order chi connectivity index (χ1) is 19.3. The van der Waals surface area contributed by atoms with Crippen LogP contribution in [0, 0.1) is 56.7 Å². The predicted octanol–water partition coefficient (Wildman–Crippen LogP) is 7.54. The number of rotatable bonds is 4. The molecule has 1 aromatic heterocycles. The minimum absolute atomic E-state index is 0.0317. The predicted molar refractivity (Wildman–Crippen MR) is 163 cm³/mol. The zero-order valence-electron chi connectivity index (χ0n) is 26.9. The van der Waals surface area contributed by atoms with Gasteiger partial charge in [-0.05, 0) is 109 Å².